The number of nitro groups is 1. The molecule has 0 aliphatic rings. The van der Waals surface area contributed by atoms with Crippen molar-refractivity contribution >= 4 is 79.5 Å². The van der Waals surface area contributed by atoms with Crippen LogP contribution in [0.2, 0.25) is 10.0 Å². The lowest BCUT2D eigenvalue weighted by atomic mass is 9.98. The van der Waals surface area contributed by atoms with E-state index in [0.29, 0.717) is 10.2 Å². The van der Waals surface area contributed by atoms with E-state index >= 15 is 0 Å². The standard InChI is InChI=1S/C18H10Cl2N4O6S/c19-8-5-7(24(29)30)6-9(20)13(8)23-17(28)15(26)12(14(25)16(21)27)18-22-10-3-1-2-4-11(10)31-18/h1-6,12H,(H2,21,27)(H,23,28)/t12-/m0/s1. The first-order valence-electron chi connectivity index (χ1n) is 8.28. The van der Waals surface area contributed by atoms with E-state index in [1.807, 2.05) is 0 Å². The molecule has 0 saturated carbocycles. The zero-order valence-electron chi connectivity index (χ0n) is 15.1. The summed E-state index contributed by atoms with van der Waals surface area (Å²) < 4.78 is 0.620. The monoisotopic (exact) mass is 480 g/mol. The van der Waals surface area contributed by atoms with Gasteiger partial charge in [-0.15, -0.1) is 11.3 Å². The largest absolute Gasteiger partial charge is 0.363 e. The van der Waals surface area contributed by atoms with Crippen LogP contribution in [0.3, 0.4) is 0 Å². The van der Waals surface area contributed by atoms with Crippen LogP contribution < -0.4 is 11.1 Å². The Bertz CT molecular complexity index is 1220. The Kier molecular flexibility index (Phi) is 6.29. The molecule has 3 aromatic rings. The molecule has 1 atom stereocenters. The van der Waals surface area contributed by atoms with Gasteiger partial charge in [0.1, 0.15) is 10.9 Å². The minimum atomic E-state index is -1.87. The van der Waals surface area contributed by atoms with Gasteiger partial charge in [-0.25, -0.2) is 4.98 Å². The van der Waals surface area contributed by atoms with Crippen molar-refractivity contribution in [1.29, 1.82) is 0 Å². The number of carbonyl (C=O) groups is 4. The molecule has 1 heterocycles. The van der Waals surface area contributed by atoms with Crippen molar-refractivity contribution in [2.24, 2.45) is 5.73 Å². The van der Waals surface area contributed by atoms with Crippen molar-refractivity contribution in [1.82, 2.24) is 4.98 Å². The van der Waals surface area contributed by atoms with Crippen molar-refractivity contribution in [2.45, 2.75) is 5.92 Å². The van der Waals surface area contributed by atoms with Gasteiger partial charge in [-0.3, -0.25) is 29.3 Å². The third-order valence-electron chi connectivity index (χ3n) is 4.02. The number of amides is 2. The maximum Gasteiger partial charge on any atom is 0.293 e. The van der Waals surface area contributed by atoms with E-state index in [0.717, 1.165) is 23.5 Å². The van der Waals surface area contributed by atoms with E-state index in [-0.39, 0.29) is 20.7 Å². The third kappa shape index (κ3) is 4.53. The van der Waals surface area contributed by atoms with Crippen molar-refractivity contribution in [3.05, 3.63) is 61.6 Å². The highest BCUT2D eigenvalue weighted by molar-refractivity contribution is 7.19. The lowest BCUT2D eigenvalue weighted by Crippen LogP contribution is -2.38. The number of para-hydroxylation sites is 1. The van der Waals surface area contributed by atoms with Crippen LogP contribution in [0.4, 0.5) is 11.4 Å². The van der Waals surface area contributed by atoms with Gasteiger partial charge in [-0.05, 0) is 12.1 Å². The Morgan fingerprint density at radius 1 is 1.10 bits per heavy atom. The second kappa shape index (κ2) is 8.76. The van der Waals surface area contributed by atoms with E-state index < -0.39 is 39.9 Å². The number of carbonyl (C=O) groups excluding carboxylic acids is 4. The normalized spacial score (nSPS) is 11.7. The number of nitrogens with zero attached hydrogens (tertiary/aromatic N) is 2. The summed E-state index contributed by atoms with van der Waals surface area (Å²) in [5.74, 6) is -7.27. The van der Waals surface area contributed by atoms with E-state index in [9.17, 15) is 29.3 Å². The zero-order chi connectivity index (χ0) is 22.9. The molecule has 1 aromatic heterocycles. The summed E-state index contributed by atoms with van der Waals surface area (Å²) in [6.07, 6.45) is 0. The lowest BCUT2D eigenvalue weighted by Gasteiger charge is -2.12. The topological polar surface area (TPSA) is 162 Å². The highest BCUT2D eigenvalue weighted by Crippen LogP contribution is 2.35. The van der Waals surface area contributed by atoms with Gasteiger partial charge < -0.3 is 11.1 Å². The maximum absolute atomic E-state index is 12.8. The summed E-state index contributed by atoms with van der Waals surface area (Å²) in [5.41, 5.74) is 4.80. The zero-order valence-corrected chi connectivity index (χ0v) is 17.5. The maximum atomic E-state index is 12.8. The summed E-state index contributed by atoms with van der Waals surface area (Å²) in [4.78, 5) is 63.4. The van der Waals surface area contributed by atoms with Crippen molar-refractivity contribution < 1.29 is 24.1 Å². The van der Waals surface area contributed by atoms with Crippen LogP contribution >= 0.6 is 34.5 Å². The summed E-state index contributed by atoms with van der Waals surface area (Å²) in [5, 5.41) is 12.3. The van der Waals surface area contributed by atoms with Gasteiger partial charge in [0.05, 0.1) is 30.9 Å². The SMILES string of the molecule is NC(=O)C(=O)[C@@H](C(=O)C(=O)Nc1c(Cl)cc([N+](=O)[O-])cc1Cl)c1nc2ccccc2s1. The fourth-order valence-electron chi connectivity index (χ4n) is 2.59. The number of non-ortho nitro benzene ring substituents is 1. The Hall–Kier alpha value is -3.41. The Morgan fingerprint density at radius 3 is 2.26 bits per heavy atom. The van der Waals surface area contributed by atoms with Crippen LogP contribution in [-0.2, 0) is 19.2 Å². The molecule has 10 nitrogen and oxygen atoms in total. The fourth-order valence-corrected chi connectivity index (χ4v) is 4.23. The van der Waals surface area contributed by atoms with Crippen LogP contribution in [0.15, 0.2) is 36.4 Å². The first-order valence-corrected chi connectivity index (χ1v) is 9.85. The number of aromatic nitrogens is 1. The van der Waals surface area contributed by atoms with E-state index in [1.54, 1.807) is 24.3 Å². The highest BCUT2D eigenvalue weighted by atomic mass is 35.5. The Labute approximate surface area is 187 Å². The second-order valence-corrected chi connectivity index (χ2v) is 7.92. The Balaban J connectivity index is 1.96. The predicted octanol–water partition coefficient (Wildman–Crippen LogP) is 2.86. The number of ketones is 2. The van der Waals surface area contributed by atoms with Crippen LogP contribution in [0.25, 0.3) is 10.2 Å². The minimum Gasteiger partial charge on any atom is -0.363 e. The van der Waals surface area contributed by atoms with Crippen LogP contribution in [0.1, 0.15) is 10.9 Å². The highest BCUT2D eigenvalue weighted by Gasteiger charge is 2.38. The average molecular weight is 481 g/mol. The molecule has 0 aliphatic heterocycles. The third-order valence-corrected chi connectivity index (χ3v) is 5.72. The van der Waals surface area contributed by atoms with Gasteiger partial charge in [0.2, 0.25) is 11.6 Å². The number of halogens is 2. The number of benzene rings is 2. The van der Waals surface area contributed by atoms with Crippen molar-refractivity contribution in [3.8, 4) is 0 Å². The average Bonchev–Trinajstić information content (AvgIpc) is 3.13. The first-order chi connectivity index (χ1) is 14.6. The summed E-state index contributed by atoms with van der Waals surface area (Å²) in [6.45, 7) is 0. The number of hydrogen-bond acceptors (Lipinski definition) is 8. The molecule has 31 heavy (non-hydrogen) atoms. The van der Waals surface area contributed by atoms with Gasteiger partial charge in [0.15, 0.2) is 0 Å². The molecule has 0 aliphatic carbocycles. The second-order valence-electron chi connectivity index (χ2n) is 6.04. The molecular weight excluding hydrogens is 471 g/mol. The van der Waals surface area contributed by atoms with Gasteiger partial charge in [0, 0.05) is 12.1 Å². The number of nitrogens with one attached hydrogen (secondary N) is 1. The van der Waals surface area contributed by atoms with Crippen LogP contribution in [0.5, 0.6) is 0 Å². The van der Waals surface area contributed by atoms with Crippen molar-refractivity contribution in [3.63, 3.8) is 0 Å². The predicted molar refractivity (Wildman–Crippen MR) is 113 cm³/mol. The molecule has 158 valence electrons. The molecule has 13 heteroatoms. The molecular formula is C18H10Cl2N4O6S. The van der Waals surface area contributed by atoms with E-state index in [4.69, 9.17) is 28.9 Å². The smallest absolute Gasteiger partial charge is 0.293 e. The first kappa shape index (κ1) is 22.3. The summed E-state index contributed by atoms with van der Waals surface area (Å²) in [7, 11) is 0. The van der Waals surface area contributed by atoms with Gasteiger partial charge >= 0.3 is 0 Å². The number of primary amides is 1. The molecule has 0 unspecified atom stereocenters. The molecule has 3 rings (SSSR count). The minimum absolute atomic E-state index is 0.0916. The molecule has 2 aromatic carbocycles. The Morgan fingerprint density at radius 2 is 1.71 bits per heavy atom. The van der Waals surface area contributed by atoms with Crippen LogP contribution in [0, 0.1) is 10.1 Å². The van der Waals surface area contributed by atoms with Crippen LogP contribution in [-0.4, -0.2) is 33.3 Å². The number of nitro benzene ring substituents is 1. The number of anilines is 1. The molecule has 0 saturated heterocycles. The molecule has 0 spiro atoms. The number of rotatable bonds is 7. The molecule has 0 fully saturated rings. The molecule has 3 N–H and O–H groups in total. The molecule has 0 bridgehead atoms. The number of nitrogens with two attached hydrogens (primary N) is 1. The number of fused-ring (bicyclic) bond motifs is 1. The van der Waals surface area contributed by atoms with Gasteiger partial charge in [-0.1, -0.05) is 35.3 Å². The summed E-state index contributed by atoms with van der Waals surface area (Å²) in [6, 6.07) is 8.55. The number of Topliss-reactive ketones (excluding diaryl/α,β-unsaturated/α-hetero) is 2. The number of hydrogen-bond donors (Lipinski definition) is 2. The van der Waals surface area contributed by atoms with Crippen molar-refractivity contribution in [2.75, 3.05) is 5.32 Å². The van der Waals surface area contributed by atoms with Gasteiger partial charge in [-0.2, -0.15) is 0 Å². The molecule has 0 radical (unpaired) electrons. The van der Waals surface area contributed by atoms with E-state index in [2.05, 4.69) is 10.3 Å². The van der Waals surface area contributed by atoms with Gasteiger partial charge in [0.25, 0.3) is 17.5 Å². The quantitative estimate of drug-likeness (QED) is 0.227. The molecule has 2 amide bonds. The van der Waals surface area contributed by atoms with E-state index in [1.165, 1.54) is 0 Å². The fraction of sp³-hybridized carbons (Fsp3) is 0.0556. The lowest BCUT2D eigenvalue weighted by molar-refractivity contribution is -0.384. The summed E-state index contributed by atoms with van der Waals surface area (Å²) >= 11 is 12.8. The number of thiazole rings is 1.